The van der Waals surface area contributed by atoms with Crippen LogP contribution in [0.25, 0.3) is 0 Å². The van der Waals surface area contributed by atoms with Crippen molar-refractivity contribution in [3.05, 3.63) is 0 Å². The van der Waals surface area contributed by atoms with Gasteiger partial charge in [-0.1, -0.05) is 0 Å². The van der Waals surface area contributed by atoms with E-state index >= 15 is 0 Å². The maximum Gasteiger partial charge on any atom is 0.154 e. The molecule has 0 aliphatic carbocycles. The topological polar surface area (TPSA) is 84.0 Å². The van der Waals surface area contributed by atoms with Gasteiger partial charge in [-0.05, 0) is 0 Å². The molecule has 2 N–H and O–H groups in total. The summed E-state index contributed by atoms with van der Waals surface area (Å²) in [5.41, 5.74) is 0. The molecule has 0 amide bonds. The quantitative estimate of drug-likeness (QED) is 0.403. The summed E-state index contributed by atoms with van der Waals surface area (Å²) in [4.78, 5) is 0. The van der Waals surface area contributed by atoms with Gasteiger partial charge < -0.3 is 29.2 Å². The number of hydrogen-bond donors (Lipinski definition) is 2. The molecule has 2 aliphatic heterocycles. The Bertz CT molecular complexity index is 181. The number of ether oxygens (including phenoxy) is 4. The van der Waals surface area contributed by atoms with Crippen LogP contribution in [0.4, 0.5) is 0 Å². The Morgan fingerprint density at radius 2 is 1.31 bits per heavy atom. The lowest BCUT2D eigenvalue weighted by atomic mass is 10.3. The first-order valence-corrected chi connectivity index (χ1v) is 5.56. The molecule has 2 saturated heterocycles. The van der Waals surface area contributed by atoms with Gasteiger partial charge >= 0.3 is 0 Å². The van der Waals surface area contributed by atoms with E-state index in [-0.39, 0.29) is 12.2 Å². The van der Waals surface area contributed by atoms with Crippen LogP contribution in [0.3, 0.4) is 0 Å². The first-order valence-electron chi connectivity index (χ1n) is 5.56. The number of epoxide rings is 2. The Hall–Kier alpha value is -0.240. The summed E-state index contributed by atoms with van der Waals surface area (Å²) in [5, 5.41) is 18.8. The molecule has 0 aromatic rings. The molecule has 4 atom stereocenters. The Morgan fingerprint density at radius 1 is 0.938 bits per heavy atom. The van der Waals surface area contributed by atoms with E-state index in [9.17, 15) is 10.2 Å². The van der Waals surface area contributed by atoms with Crippen molar-refractivity contribution in [1.82, 2.24) is 0 Å². The molecule has 0 spiro atoms. The maximum atomic E-state index is 9.40. The van der Waals surface area contributed by atoms with E-state index in [0.717, 1.165) is 0 Å². The lowest BCUT2D eigenvalue weighted by Crippen LogP contribution is -2.21. The minimum absolute atomic E-state index is 0.142. The summed E-state index contributed by atoms with van der Waals surface area (Å²) < 4.78 is 20.1. The standard InChI is InChI=1S/C10H18O6/c11-9(15-5-7-3-13-7)1-2-10(12)16-6-8-4-14-8/h7-12H,1-6H2. The van der Waals surface area contributed by atoms with E-state index in [0.29, 0.717) is 39.3 Å². The Morgan fingerprint density at radius 3 is 1.62 bits per heavy atom. The summed E-state index contributed by atoms with van der Waals surface area (Å²) in [6.45, 7) is 2.24. The molecule has 0 saturated carbocycles. The highest BCUT2D eigenvalue weighted by molar-refractivity contribution is 4.68. The van der Waals surface area contributed by atoms with Crippen molar-refractivity contribution >= 4 is 0 Å². The van der Waals surface area contributed by atoms with E-state index in [1.807, 2.05) is 0 Å². The molecule has 4 unspecified atom stereocenters. The van der Waals surface area contributed by atoms with Crippen LogP contribution in [-0.4, -0.2) is 61.4 Å². The van der Waals surface area contributed by atoms with E-state index in [1.165, 1.54) is 0 Å². The zero-order valence-corrected chi connectivity index (χ0v) is 9.08. The molecule has 0 aromatic heterocycles. The van der Waals surface area contributed by atoms with Gasteiger partial charge in [0.15, 0.2) is 12.6 Å². The molecule has 6 nitrogen and oxygen atoms in total. The summed E-state index contributed by atoms with van der Waals surface area (Å²) in [6, 6.07) is 0. The second-order valence-corrected chi connectivity index (χ2v) is 4.06. The third-order valence-corrected chi connectivity index (χ3v) is 2.41. The van der Waals surface area contributed by atoms with Gasteiger partial charge in [-0.15, -0.1) is 0 Å². The average Bonchev–Trinajstić information content (AvgIpc) is 3.15. The van der Waals surface area contributed by atoms with Crippen LogP contribution >= 0.6 is 0 Å². The number of aliphatic hydroxyl groups excluding tert-OH is 2. The molecular formula is C10H18O6. The first kappa shape index (κ1) is 12.2. The highest BCUT2D eigenvalue weighted by Crippen LogP contribution is 2.13. The Kier molecular flexibility index (Phi) is 4.51. The molecule has 0 bridgehead atoms. The largest absolute Gasteiger partial charge is 0.371 e. The molecule has 94 valence electrons. The monoisotopic (exact) mass is 234 g/mol. The fourth-order valence-corrected chi connectivity index (χ4v) is 1.22. The predicted molar refractivity (Wildman–Crippen MR) is 52.6 cm³/mol. The second kappa shape index (κ2) is 5.90. The van der Waals surface area contributed by atoms with Crippen LogP contribution < -0.4 is 0 Å². The van der Waals surface area contributed by atoms with Crippen molar-refractivity contribution in [2.45, 2.75) is 37.6 Å². The summed E-state index contributed by atoms with van der Waals surface area (Å²) in [5.74, 6) is 0. The molecule has 2 fully saturated rings. The van der Waals surface area contributed by atoms with Gasteiger partial charge in [-0.25, -0.2) is 0 Å². The van der Waals surface area contributed by atoms with Gasteiger partial charge in [0.25, 0.3) is 0 Å². The molecule has 16 heavy (non-hydrogen) atoms. The van der Waals surface area contributed by atoms with Gasteiger partial charge in [0.1, 0.15) is 12.2 Å². The van der Waals surface area contributed by atoms with Crippen molar-refractivity contribution in [3.63, 3.8) is 0 Å². The normalized spacial score (nSPS) is 31.1. The van der Waals surface area contributed by atoms with Gasteiger partial charge in [-0.2, -0.15) is 0 Å². The van der Waals surface area contributed by atoms with E-state index < -0.39 is 12.6 Å². The zero-order valence-electron chi connectivity index (χ0n) is 9.08. The SMILES string of the molecule is OC(CCC(O)OCC1CO1)OCC1CO1. The zero-order chi connectivity index (χ0) is 11.4. The molecule has 0 aromatic carbocycles. The molecular weight excluding hydrogens is 216 g/mol. The van der Waals surface area contributed by atoms with Crippen LogP contribution in [0.15, 0.2) is 0 Å². The first-order chi connectivity index (χ1) is 7.74. The fourth-order valence-electron chi connectivity index (χ4n) is 1.22. The lowest BCUT2D eigenvalue weighted by molar-refractivity contribution is -0.142. The third-order valence-electron chi connectivity index (χ3n) is 2.41. The van der Waals surface area contributed by atoms with Gasteiger partial charge in [-0.3, -0.25) is 0 Å². The van der Waals surface area contributed by atoms with E-state index in [1.54, 1.807) is 0 Å². The number of aliphatic hydroxyl groups is 2. The van der Waals surface area contributed by atoms with Crippen LogP contribution in [0, 0.1) is 0 Å². The van der Waals surface area contributed by atoms with Gasteiger partial charge in [0.2, 0.25) is 0 Å². The second-order valence-electron chi connectivity index (χ2n) is 4.06. The van der Waals surface area contributed by atoms with Gasteiger partial charge in [0.05, 0.1) is 26.4 Å². The third kappa shape index (κ3) is 5.20. The van der Waals surface area contributed by atoms with Crippen molar-refractivity contribution in [1.29, 1.82) is 0 Å². The lowest BCUT2D eigenvalue weighted by Gasteiger charge is -2.14. The van der Waals surface area contributed by atoms with Crippen LogP contribution in [-0.2, 0) is 18.9 Å². The van der Waals surface area contributed by atoms with Crippen molar-refractivity contribution in [3.8, 4) is 0 Å². The summed E-state index contributed by atoms with van der Waals surface area (Å²) >= 11 is 0. The van der Waals surface area contributed by atoms with Crippen LogP contribution in [0.1, 0.15) is 12.8 Å². The Balaban J connectivity index is 1.44. The van der Waals surface area contributed by atoms with E-state index in [4.69, 9.17) is 18.9 Å². The van der Waals surface area contributed by atoms with Crippen molar-refractivity contribution in [2.75, 3.05) is 26.4 Å². The molecule has 2 rings (SSSR count). The minimum Gasteiger partial charge on any atom is -0.371 e. The highest BCUT2D eigenvalue weighted by atomic mass is 16.6. The smallest absolute Gasteiger partial charge is 0.154 e. The molecule has 0 radical (unpaired) electrons. The van der Waals surface area contributed by atoms with Gasteiger partial charge in [0, 0.05) is 12.8 Å². The summed E-state index contributed by atoms with van der Waals surface area (Å²) in [7, 11) is 0. The van der Waals surface area contributed by atoms with Crippen LogP contribution in [0.5, 0.6) is 0 Å². The maximum absolute atomic E-state index is 9.40. The molecule has 6 heteroatoms. The minimum atomic E-state index is -0.861. The van der Waals surface area contributed by atoms with Crippen LogP contribution in [0.2, 0.25) is 0 Å². The Labute approximate surface area is 94.1 Å². The number of hydrogen-bond acceptors (Lipinski definition) is 6. The predicted octanol–water partition coefficient (Wildman–Crippen LogP) is -0.766. The number of rotatable bonds is 9. The molecule has 2 heterocycles. The molecule has 2 aliphatic rings. The highest BCUT2D eigenvalue weighted by Gasteiger charge is 2.25. The average molecular weight is 234 g/mol. The fraction of sp³-hybridized carbons (Fsp3) is 1.00. The van der Waals surface area contributed by atoms with Crippen molar-refractivity contribution < 1.29 is 29.2 Å². The van der Waals surface area contributed by atoms with Crippen molar-refractivity contribution in [2.24, 2.45) is 0 Å². The van der Waals surface area contributed by atoms with E-state index in [2.05, 4.69) is 0 Å². The summed E-state index contributed by atoms with van der Waals surface area (Å²) in [6.07, 6.45) is -0.747.